The van der Waals surface area contributed by atoms with Gasteiger partial charge in [-0.25, -0.2) is 14.2 Å². The average molecular weight is 379 g/mol. The molecule has 1 atom stereocenters. The smallest absolute Gasteiger partial charge is 0.331 e. The standard InChI is InChI=1S/C18H22FN3O3S/c1-5-10-18(2,16(24)25-3)21-15(23)14-11-20-17(26-4)22(14)13-8-6-12(19)7-9-13/h6-9,11H,5,10H2,1-4H3,(H,21,23). The minimum Gasteiger partial charge on any atom is -0.467 e. The van der Waals surface area contributed by atoms with Crippen LogP contribution in [0.5, 0.6) is 0 Å². The van der Waals surface area contributed by atoms with Gasteiger partial charge in [-0.1, -0.05) is 25.1 Å². The molecule has 140 valence electrons. The second-order valence-electron chi connectivity index (χ2n) is 5.97. The Labute approximate surface area is 156 Å². The van der Waals surface area contributed by atoms with Crippen LogP contribution in [0.4, 0.5) is 4.39 Å². The second kappa shape index (κ2) is 8.35. The average Bonchev–Trinajstić information content (AvgIpc) is 3.06. The highest BCUT2D eigenvalue weighted by Crippen LogP contribution is 2.23. The van der Waals surface area contributed by atoms with Crippen LogP contribution in [-0.4, -0.2) is 40.3 Å². The number of hydrogen-bond acceptors (Lipinski definition) is 5. The molecule has 0 aliphatic rings. The number of amides is 1. The molecular weight excluding hydrogens is 357 g/mol. The highest BCUT2D eigenvalue weighted by Gasteiger charge is 2.36. The maximum atomic E-state index is 13.2. The van der Waals surface area contributed by atoms with E-state index in [1.165, 1.54) is 37.2 Å². The van der Waals surface area contributed by atoms with E-state index in [9.17, 15) is 14.0 Å². The van der Waals surface area contributed by atoms with Gasteiger partial charge in [0.05, 0.1) is 13.3 Å². The first-order valence-electron chi connectivity index (χ1n) is 8.15. The first-order chi connectivity index (χ1) is 12.4. The molecule has 26 heavy (non-hydrogen) atoms. The maximum absolute atomic E-state index is 13.2. The summed E-state index contributed by atoms with van der Waals surface area (Å²) in [4.78, 5) is 29.3. The van der Waals surface area contributed by atoms with Crippen LogP contribution in [0.15, 0.2) is 35.6 Å². The number of aromatic nitrogens is 2. The zero-order valence-corrected chi connectivity index (χ0v) is 16.0. The first kappa shape index (κ1) is 20.0. The maximum Gasteiger partial charge on any atom is 0.331 e. The van der Waals surface area contributed by atoms with Crippen LogP contribution in [0.1, 0.15) is 37.2 Å². The SMILES string of the molecule is CCCC(C)(NC(=O)c1cnc(SC)n1-c1ccc(F)cc1)C(=O)OC. The summed E-state index contributed by atoms with van der Waals surface area (Å²) in [6, 6.07) is 5.77. The number of nitrogens with zero attached hydrogens (tertiary/aromatic N) is 2. The van der Waals surface area contributed by atoms with Gasteiger partial charge in [0.2, 0.25) is 0 Å². The van der Waals surface area contributed by atoms with E-state index in [-0.39, 0.29) is 11.5 Å². The monoisotopic (exact) mass is 379 g/mol. The number of esters is 1. The quantitative estimate of drug-likeness (QED) is 0.591. The van der Waals surface area contributed by atoms with E-state index in [1.54, 1.807) is 23.6 Å². The third-order valence-electron chi connectivity index (χ3n) is 4.00. The Morgan fingerprint density at radius 3 is 2.54 bits per heavy atom. The lowest BCUT2D eigenvalue weighted by molar-refractivity contribution is -0.147. The zero-order valence-electron chi connectivity index (χ0n) is 15.2. The fourth-order valence-electron chi connectivity index (χ4n) is 2.73. The summed E-state index contributed by atoms with van der Waals surface area (Å²) in [5.74, 6) is -1.33. The Balaban J connectivity index is 2.42. The predicted octanol–water partition coefficient (Wildman–Crippen LogP) is 3.19. The molecule has 0 radical (unpaired) electrons. The lowest BCUT2D eigenvalue weighted by Gasteiger charge is -2.27. The van der Waals surface area contributed by atoms with Gasteiger partial charge in [0.15, 0.2) is 5.16 Å². The lowest BCUT2D eigenvalue weighted by atomic mass is 9.96. The Kier molecular flexibility index (Phi) is 6.42. The number of ether oxygens (including phenoxy) is 1. The lowest BCUT2D eigenvalue weighted by Crippen LogP contribution is -2.53. The number of halogens is 1. The summed E-state index contributed by atoms with van der Waals surface area (Å²) in [6.45, 7) is 3.55. The van der Waals surface area contributed by atoms with E-state index in [2.05, 4.69) is 10.3 Å². The van der Waals surface area contributed by atoms with E-state index in [1.807, 2.05) is 13.2 Å². The minimum absolute atomic E-state index is 0.257. The molecule has 6 nitrogen and oxygen atoms in total. The summed E-state index contributed by atoms with van der Waals surface area (Å²) in [6.07, 6.45) is 4.40. The highest BCUT2D eigenvalue weighted by molar-refractivity contribution is 7.98. The molecule has 8 heteroatoms. The van der Waals surface area contributed by atoms with Crippen molar-refractivity contribution >= 4 is 23.6 Å². The topological polar surface area (TPSA) is 73.2 Å². The van der Waals surface area contributed by atoms with Crippen LogP contribution in [0.2, 0.25) is 0 Å². The summed E-state index contributed by atoms with van der Waals surface area (Å²) in [7, 11) is 1.29. The highest BCUT2D eigenvalue weighted by atomic mass is 32.2. The number of carbonyl (C=O) groups excluding carboxylic acids is 2. The molecule has 0 spiro atoms. The van der Waals surface area contributed by atoms with Gasteiger partial charge in [0, 0.05) is 5.69 Å². The van der Waals surface area contributed by atoms with E-state index >= 15 is 0 Å². The molecular formula is C18H22FN3O3S. The van der Waals surface area contributed by atoms with Crippen molar-refractivity contribution in [1.29, 1.82) is 0 Å². The van der Waals surface area contributed by atoms with Gasteiger partial charge in [-0.3, -0.25) is 9.36 Å². The molecule has 1 amide bonds. The van der Waals surface area contributed by atoms with Gasteiger partial charge in [-0.2, -0.15) is 0 Å². The molecule has 0 saturated carbocycles. The Morgan fingerprint density at radius 1 is 1.35 bits per heavy atom. The van der Waals surface area contributed by atoms with Gasteiger partial charge >= 0.3 is 5.97 Å². The number of nitrogens with one attached hydrogen (secondary N) is 1. The van der Waals surface area contributed by atoms with Gasteiger partial charge in [0.1, 0.15) is 17.1 Å². The van der Waals surface area contributed by atoms with Crippen molar-refractivity contribution in [2.24, 2.45) is 0 Å². The summed E-state index contributed by atoms with van der Waals surface area (Å²) in [5, 5.41) is 3.34. The van der Waals surface area contributed by atoms with Crippen molar-refractivity contribution < 1.29 is 18.7 Å². The fourth-order valence-corrected chi connectivity index (χ4v) is 3.28. The van der Waals surface area contributed by atoms with E-state index in [0.717, 1.165) is 0 Å². The Bertz CT molecular complexity index is 791. The third kappa shape index (κ3) is 4.07. The molecule has 1 aromatic carbocycles. The normalized spacial score (nSPS) is 13.1. The molecule has 1 unspecified atom stereocenters. The number of benzene rings is 1. The van der Waals surface area contributed by atoms with Crippen molar-refractivity contribution in [3.8, 4) is 5.69 Å². The van der Waals surface area contributed by atoms with Gasteiger partial charge < -0.3 is 10.1 Å². The largest absolute Gasteiger partial charge is 0.467 e. The third-order valence-corrected chi connectivity index (χ3v) is 4.66. The number of imidazole rings is 1. The molecule has 2 rings (SSSR count). The van der Waals surface area contributed by atoms with Crippen molar-refractivity contribution in [1.82, 2.24) is 14.9 Å². The number of hydrogen-bond donors (Lipinski definition) is 1. The van der Waals surface area contributed by atoms with Crippen LogP contribution in [0, 0.1) is 5.82 Å². The molecule has 0 aliphatic carbocycles. The van der Waals surface area contributed by atoms with E-state index in [4.69, 9.17) is 4.74 Å². The van der Waals surface area contributed by atoms with Crippen molar-refractivity contribution in [3.05, 3.63) is 42.0 Å². The summed E-state index contributed by atoms with van der Waals surface area (Å²) in [5.41, 5.74) is -0.279. The summed E-state index contributed by atoms with van der Waals surface area (Å²) >= 11 is 1.36. The number of rotatable bonds is 7. The molecule has 1 heterocycles. The molecule has 0 saturated heterocycles. The molecule has 2 aromatic rings. The molecule has 0 fully saturated rings. The van der Waals surface area contributed by atoms with Gasteiger partial charge in [-0.15, -0.1) is 0 Å². The minimum atomic E-state index is -1.14. The predicted molar refractivity (Wildman–Crippen MR) is 98.1 cm³/mol. The molecule has 0 bridgehead atoms. The number of thioether (sulfide) groups is 1. The van der Waals surface area contributed by atoms with Crippen molar-refractivity contribution in [3.63, 3.8) is 0 Å². The van der Waals surface area contributed by atoms with Crippen LogP contribution < -0.4 is 5.32 Å². The molecule has 1 N–H and O–H groups in total. The van der Waals surface area contributed by atoms with E-state index < -0.39 is 17.4 Å². The fraction of sp³-hybridized carbons (Fsp3) is 0.389. The number of methoxy groups -OCH3 is 1. The van der Waals surface area contributed by atoms with Crippen LogP contribution in [0.25, 0.3) is 5.69 Å². The molecule has 0 aliphatic heterocycles. The Morgan fingerprint density at radius 2 is 2.00 bits per heavy atom. The number of carbonyl (C=O) groups is 2. The van der Waals surface area contributed by atoms with Gasteiger partial charge in [-0.05, 0) is 43.9 Å². The Hall–Kier alpha value is -2.35. The van der Waals surface area contributed by atoms with Crippen LogP contribution in [0.3, 0.4) is 0 Å². The van der Waals surface area contributed by atoms with Crippen molar-refractivity contribution in [2.75, 3.05) is 13.4 Å². The van der Waals surface area contributed by atoms with Gasteiger partial charge in [0.25, 0.3) is 5.91 Å². The van der Waals surface area contributed by atoms with Crippen LogP contribution in [-0.2, 0) is 9.53 Å². The second-order valence-corrected chi connectivity index (χ2v) is 6.74. The van der Waals surface area contributed by atoms with E-state index in [0.29, 0.717) is 23.7 Å². The zero-order chi connectivity index (χ0) is 19.3. The summed E-state index contributed by atoms with van der Waals surface area (Å²) < 4.78 is 19.7. The van der Waals surface area contributed by atoms with Crippen LogP contribution >= 0.6 is 11.8 Å². The van der Waals surface area contributed by atoms with Crippen molar-refractivity contribution in [2.45, 2.75) is 37.4 Å². The first-order valence-corrected chi connectivity index (χ1v) is 9.37. The molecule has 1 aromatic heterocycles.